The third kappa shape index (κ3) is 4.06. The maximum Gasteiger partial charge on any atom is 0.339 e. The number of urea groups is 1. The molecule has 132 valence electrons. The van der Waals surface area contributed by atoms with Crippen molar-refractivity contribution in [1.82, 2.24) is 15.5 Å². The first kappa shape index (κ1) is 17.8. The zero-order valence-corrected chi connectivity index (χ0v) is 14.1. The second kappa shape index (κ2) is 7.37. The van der Waals surface area contributed by atoms with E-state index in [9.17, 15) is 14.4 Å². The van der Waals surface area contributed by atoms with E-state index in [1.165, 1.54) is 11.0 Å². The Morgan fingerprint density at radius 1 is 1.42 bits per heavy atom. The molecule has 1 aromatic heterocycles. The van der Waals surface area contributed by atoms with Crippen LogP contribution in [0.25, 0.3) is 0 Å². The van der Waals surface area contributed by atoms with Gasteiger partial charge in [-0.3, -0.25) is 4.79 Å². The van der Waals surface area contributed by atoms with Crippen LogP contribution in [0.4, 0.5) is 4.79 Å². The summed E-state index contributed by atoms with van der Waals surface area (Å²) in [6.07, 6.45) is 1.38. The number of hydrogen-bond donors (Lipinski definition) is 3. The molecular formula is C16H23N3O5. The number of aromatic carboxylic acids is 1. The van der Waals surface area contributed by atoms with Gasteiger partial charge in [0.05, 0.1) is 6.54 Å². The van der Waals surface area contributed by atoms with E-state index in [0.717, 1.165) is 6.42 Å². The first-order chi connectivity index (χ1) is 11.3. The largest absolute Gasteiger partial charge is 0.478 e. The highest BCUT2D eigenvalue weighted by atomic mass is 16.4. The van der Waals surface area contributed by atoms with Crippen LogP contribution in [0.1, 0.15) is 48.6 Å². The number of carboxylic acid groups (broad SMARTS) is 1. The zero-order chi connectivity index (χ0) is 17.9. The van der Waals surface area contributed by atoms with E-state index in [0.29, 0.717) is 24.5 Å². The molecule has 1 atom stereocenters. The van der Waals surface area contributed by atoms with Gasteiger partial charge in [-0.05, 0) is 39.7 Å². The molecule has 24 heavy (non-hydrogen) atoms. The van der Waals surface area contributed by atoms with Crippen LogP contribution in [0, 0.1) is 6.92 Å². The van der Waals surface area contributed by atoms with Crippen molar-refractivity contribution in [2.45, 2.75) is 52.2 Å². The van der Waals surface area contributed by atoms with E-state index >= 15 is 0 Å². The second-order valence-corrected chi connectivity index (χ2v) is 6.16. The molecule has 0 spiro atoms. The fourth-order valence-corrected chi connectivity index (χ4v) is 2.75. The number of carboxylic acids is 1. The monoisotopic (exact) mass is 337 g/mol. The number of rotatable bonds is 5. The summed E-state index contributed by atoms with van der Waals surface area (Å²) in [7, 11) is 0. The number of aryl methyl sites for hydroxylation is 1. The van der Waals surface area contributed by atoms with Crippen molar-refractivity contribution < 1.29 is 23.9 Å². The minimum atomic E-state index is -1.07. The van der Waals surface area contributed by atoms with Crippen molar-refractivity contribution in [1.29, 1.82) is 0 Å². The lowest BCUT2D eigenvalue weighted by molar-refractivity contribution is -0.125. The fraction of sp³-hybridized carbons (Fsp3) is 0.562. The number of hydrogen-bond acceptors (Lipinski definition) is 4. The van der Waals surface area contributed by atoms with Crippen LogP contribution in [0.2, 0.25) is 0 Å². The molecule has 3 N–H and O–H groups in total. The molecular weight excluding hydrogens is 314 g/mol. The molecule has 0 aromatic carbocycles. The molecule has 1 fully saturated rings. The Balaban J connectivity index is 1.95. The molecule has 1 aliphatic rings. The first-order valence-electron chi connectivity index (χ1n) is 7.97. The second-order valence-electron chi connectivity index (χ2n) is 6.16. The van der Waals surface area contributed by atoms with Crippen LogP contribution in [0.3, 0.4) is 0 Å². The Kier molecular flexibility index (Phi) is 5.48. The summed E-state index contributed by atoms with van der Waals surface area (Å²) < 4.78 is 5.33. The summed E-state index contributed by atoms with van der Waals surface area (Å²) in [4.78, 5) is 37.0. The van der Waals surface area contributed by atoms with Crippen molar-refractivity contribution >= 4 is 17.9 Å². The topological polar surface area (TPSA) is 112 Å². The van der Waals surface area contributed by atoms with Crippen LogP contribution in [-0.4, -0.2) is 46.5 Å². The molecule has 2 rings (SSSR count). The smallest absolute Gasteiger partial charge is 0.339 e. The molecule has 2 heterocycles. The third-order valence-electron chi connectivity index (χ3n) is 3.86. The van der Waals surface area contributed by atoms with Gasteiger partial charge in [-0.2, -0.15) is 0 Å². The summed E-state index contributed by atoms with van der Waals surface area (Å²) in [6, 6.07) is 0.640. The zero-order valence-electron chi connectivity index (χ0n) is 14.1. The van der Waals surface area contributed by atoms with Gasteiger partial charge in [0.25, 0.3) is 0 Å². The number of carbonyl (C=O) groups excluding carboxylic acids is 2. The average molecular weight is 337 g/mol. The van der Waals surface area contributed by atoms with Gasteiger partial charge in [0.1, 0.15) is 23.1 Å². The highest BCUT2D eigenvalue weighted by molar-refractivity contribution is 5.89. The molecule has 0 bridgehead atoms. The van der Waals surface area contributed by atoms with Gasteiger partial charge in [-0.25, -0.2) is 9.59 Å². The Bertz CT molecular complexity index is 638. The fourth-order valence-electron chi connectivity index (χ4n) is 2.75. The molecule has 1 aliphatic heterocycles. The van der Waals surface area contributed by atoms with Gasteiger partial charge in [0, 0.05) is 12.6 Å². The SMILES string of the molecule is Cc1oc(CNC(=O)[C@@H]2CCCN2C(=O)NC(C)C)cc1C(=O)O. The standard InChI is InChI=1S/C16H23N3O5/c1-9(2)18-16(23)19-6-4-5-13(19)14(20)17-8-11-7-12(15(21)22)10(3)24-11/h7,9,13H,4-6,8H2,1-3H3,(H,17,20)(H,18,23)(H,21,22)/t13-/m0/s1. The van der Waals surface area contributed by atoms with E-state index in [1.54, 1.807) is 6.92 Å². The van der Waals surface area contributed by atoms with Crippen LogP contribution < -0.4 is 10.6 Å². The Morgan fingerprint density at radius 2 is 2.12 bits per heavy atom. The summed E-state index contributed by atoms with van der Waals surface area (Å²) >= 11 is 0. The number of likely N-dealkylation sites (tertiary alicyclic amines) is 1. The lowest BCUT2D eigenvalue weighted by atomic mass is 10.2. The molecule has 1 saturated heterocycles. The van der Waals surface area contributed by atoms with Crippen LogP contribution >= 0.6 is 0 Å². The quantitative estimate of drug-likeness (QED) is 0.753. The van der Waals surface area contributed by atoms with E-state index in [-0.39, 0.29) is 30.1 Å². The number of furan rings is 1. The van der Waals surface area contributed by atoms with Crippen LogP contribution in [0.15, 0.2) is 10.5 Å². The number of nitrogens with zero attached hydrogens (tertiary/aromatic N) is 1. The predicted molar refractivity (Wildman–Crippen MR) is 85.6 cm³/mol. The van der Waals surface area contributed by atoms with E-state index < -0.39 is 12.0 Å². The number of carbonyl (C=O) groups is 3. The van der Waals surface area contributed by atoms with Crippen molar-refractivity contribution in [3.63, 3.8) is 0 Å². The number of amides is 3. The Morgan fingerprint density at radius 3 is 2.71 bits per heavy atom. The molecule has 0 radical (unpaired) electrons. The minimum absolute atomic E-state index is 0.00217. The molecule has 0 unspecified atom stereocenters. The lowest BCUT2D eigenvalue weighted by Gasteiger charge is -2.25. The maximum absolute atomic E-state index is 12.4. The van der Waals surface area contributed by atoms with Crippen molar-refractivity contribution in [3.8, 4) is 0 Å². The highest BCUT2D eigenvalue weighted by Crippen LogP contribution is 2.18. The van der Waals surface area contributed by atoms with Crippen LogP contribution in [-0.2, 0) is 11.3 Å². The summed E-state index contributed by atoms with van der Waals surface area (Å²) in [5, 5.41) is 14.5. The van der Waals surface area contributed by atoms with Crippen molar-refractivity contribution in [2.75, 3.05) is 6.54 Å². The van der Waals surface area contributed by atoms with Gasteiger partial charge < -0.3 is 25.1 Å². The number of nitrogens with one attached hydrogen (secondary N) is 2. The highest BCUT2D eigenvalue weighted by Gasteiger charge is 2.34. The molecule has 8 nitrogen and oxygen atoms in total. The molecule has 8 heteroatoms. The lowest BCUT2D eigenvalue weighted by Crippen LogP contribution is -2.50. The van der Waals surface area contributed by atoms with Crippen molar-refractivity contribution in [3.05, 3.63) is 23.2 Å². The average Bonchev–Trinajstić information content (AvgIpc) is 3.10. The van der Waals surface area contributed by atoms with Gasteiger partial charge in [-0.1, -0.05) is 0 Å². The first-order valence-corrected chi connectivity index (χ1v) is 7.97. The van der Waals surface area contributed by atoms with Crippen LogP contribution in [0.5, 0.6) is 0 Å². The van der Waals surface area contributed by atoms with Gasteiger partial charge >= 0.3 is 12.0 Å². The Labute approximate surface area is 140 Å². The summed E-state index contributed by atoms with van der Waals surface area (Å²) in [6.45, 7) is 5.91. The van der Waals surface area contributed by atoms with E-state index in [1.807, 2.05) is 13.8 Å². The van der Waals surface area contributed by atoms with Gasteiger partial charge in [-0.15, -0.1) is 0 Å². The molecule has 3 amide bonds. The predicted octanol–water partition coefficient (Wildman–Crippen LogP) is 1.48. The van der Waals surface area contributed by atoms with Gasteiger partial charge in [0.15, 0.2) is 0 Å². The molecule has 0 saturated carbocycles. The normalized spacial score (nSPS) is 17.2. The van der Waals surface area contributed by atoms with E-state index in [4.69, 9.17) is 9.52 Å². The Hall–Kier alpha value is -2.51. The van der Waals surface area contributed by atoms with Gasteiger partial charge in [0.2, 0.25) is 5.91 Å². The van der Waals surface area contributed by atoms with E-state index in [2.05, 4.69) is 10.6 Å². The minimum Gasteiger partial charge on any atom is -0.478 e. The molecule has 0 aliphatic carbocycles. The molecule has 1 aromatic rings. The summed E-state index contributed by atoms with van der Waals surface area (Å²) in [5.41, 5.74) is 0.0815. The third-order valence-corrected chi connectivity index (χ3v) is 3.86. The summed E-state index contributed by atoms with van der Waals surface area (Å²) in [5.74, 6) is -0.668. The maximum atomic E-state index is 12.4. The van der Waals surface area contributed by atoms with Crippen molar-refractivity contribution in [2.24, 2.45) is 0 Å².